The Bertz CT molecular complexity index is 863. The number of halogens is 3. The maximum atomic E-state index is 14.8. The Labute approximate surface area is 169 Å². The van der Waals surface area contributed by atoms with E-state index in [2.05, 4.69) is 5.32 Å². The summed E-state index contributed by atoms with van der Waals surface area (Å²) >= 11 is 0. The molecule has 0 spiro atoms. The van der Waals surface area contributed by atoms with E-state index in [4.69, 9.17) is 4.74 Å². The van der Waals surface area contributed by atoms with Crippen molar-refractivity contribution in [3.8, 4) is 16.9 Å². The standard InChI is InChI=1S/C21H22F2N2O2.ClH/c1-27-16-5-7-17(20(23)11-16)13-2-6-18(19(22)10-13)21(26)25-14-3-4-15(25)12-24-9-8-14;/h2,5-7,10-11,14-15,24H,3-4,8-9,12H2,1H3;1H. The molecule has 2 atom stereocenters. The van der Waals surface area contributed by atoms with Crippen LogP contribution in [0.1, 0.15) is 29.6 Å². The van der Waals surface area contributed by atoms with Crippen LogP contribution in [0.25, 0.3) is 11.1 Å². The van der Waals surface area contributed by atoms with Gasteiger partial charge in [-0.3, -0.25) is 4.79 Å². The molecule has 1 N–H and O–H groups in total. The molecule has 2 aliphatic heterocycles. The number of amides is 1. The summed E-state index contributed by atoms with van der Waals surface area (Å²) < 4.78 is 34.1. The minimum atomic E-state index is -0.621. The Morgan fingerprint density at radius 2 is 1.86 bits per heavy atom. The third-order valence-corrected chi connectivity index (χ3v) is 5.58. The molecule has 2 fully saturated rings. The van der Waals surface area contributed by atoms with E-state index in [9.17, 15) is 13.6 Å². The van der Waals surface area contributed by atoms with Gasteiger partial charge in [0.05, 0.1) is 12.7 Å². The van der Waals surface area contributed by atoms with Crippen LogP contribution in [0.2, 0.25) is 0 Å². The summed E-state index contributed by atoms with van der Waals surface area (Å²) in [4.78, 5) is 14.8. The Hall–Kier alpha value is -2.18. The number of benzene rings is 2. The normalized spacial score (nSPS) is 21.0. The molecule has 2 heterocycles. The molecule has 0 aliphatic carbocycles. The van der Waals surface area contributed by atoms with E-state index in [1.807, 2.05) is 4.90 Å². The number of carbonyl (C=O) groups is 1. The fraction of sp³-hybridized carbons (Fsp3) is 0.381. The molecule has 2 aliphatic rings. The van der Waals surface area contributed by atoms with Crippen LogP contribution in [-0.4, -0.2) is 43.1 Å². The first-order valence-electron chi connectivity index (χ1n) is 9.25. The zero-order chi connectivity index (χ0) is 19.0. The van der Waals surface area contributed by atoms with Gasteiger partial charge in [0.15, 0.2) is 0 Å². The molecule has 2 aromatic rings. The number of carbonyl (C=O) groups excluding carboxylic acids is 1. The molecule has 2 bridgehead atoms. The second-order valence-corrected chi connectivity index (χ2v) is 7.13. The van der Waals surface area contributed by atoms with Crippen molar-refractivity contribution in [2.75, 3.05) is 20.2 Å². The lowest BCUT2D eigenvalue weighted by molar-refractivity contribution is 0.0675. The molecular weight excluding hydrogens is 386 g/mol. The molecule has 0 aromatic heterocycles. The van der Waals surface area contributed by atoms with E-state index in [0.717, 1.165) is 32.4 Å². The molecule has 1 amide bonds. The molecule has 0 saturated carbocycles. The van der Waals surface area contributed by atoms with E-state index < -0.39 is 11.6 Å². The van der Waals surface area contributed by atoms with Crippen LogP contribution >= 0.6 is 12.4 Å². The molecule has 150 valence electrons. The number of methoxy groups -OCH3 is 1. The third kappa shape index (κ3) is 3.71. The number of hydrogen-bond donors (Lipinski definition) is 1. The fourth-order valence-electron chi connectivity index (χ4n) is 4.17. The van der Waals surface area contributed by atoms with E-state index in [0.29, 0.717) is 11.3 Å². The van der Waals surface area contributed by atoms with Crippen molar-refractivity contribution in [2.24, 2.45) is 0 Å². The third-order valence-electron chi connectivity index (χ3n) is 5.58. The van der Waals surface area contributed by atoms with Gasteiger partial charge in [0, 0.05) is 30.3 Å². The van der Waals surface area contributed by atoms with E-state index in [1.165, 1.54) is 25.3 Å². The summed E-state index contributed by atoms with van der Waals surface area (Å²) in [5.74, 6) is -0.993. The van der Waals surface area contributed by atoms with Crippen molar-refractivity contribution >= 4 is 18.3 Å². The van der Waals surface area contributed by atoms with Gasteiger partial charge in [-0.25, -0.2) is 8.78 Å². The van der Waals surface area contributed by atoms with E-state index in [1.54, 1.807) is 18.2 Å². The van der Waals surface area contributed by atoms with Gasteiger partial charge < -0.3 is 15.0 Å². The summed E-state index contributed by atoms with van der Waals surface area (Å²) in [7, 11) is 1.46. The molecule has 2 saturated heterocycles. The average molecular weight is 409 g/mol. The SMILES string of the molecule is COc1ccc(-c2ccc(C(=O)N3C4CCNCC3CC4)c(F)c2)c(F)c1.Cl. The topological polar surface area (TPSA) is 41.6 Å². The zero-order valence-electron chi connectivity index (χ0n) is 15.6. The summed E-state index contributed by atoms with van der Waals surface area (Å²) in [6, 6.07) is 9.00. The molecule has 28 heavy (non-hydrogen) atoms. The molecular formula is C21H23ClF2N2O2. The first-order valence-corrected chi connectivity index (χ1v) is 9.25. The van der Waals surface area contributed by atoms with Gasteiger partial charge in [-0.1, -0.05) is 6.07 Å². The summed E-state index contributed by atoms with van der Waals surface area (Å²) in [5, 5.41) is 3.34. The van der Waals surface area contributed by atoms with Crippen LogP contribution < -0.4 is 10.1 Å². The van der Waals surface area contributed by atoms with Crippen molar-refractivity contribution in [2.45, 2.75) is 31.3 Å². The van der Waals surface area contributed by atoms with E-state index >= 15 is 0 Å². The second-order valence-electron chi connectivity index (χ2n) is 7.13. The highest BCUT2D eigenvalue weighted by Gasteiger charge is 2.39. The Morgan fingerprint density at radius 1 is 1.07 bits per heavy atom. The first kappa shape index (κ1) is 20.6. The van der Waals surface area contributed by atoms with Crippen molar-refractivity contribution in [1.82, 2.24) is 10.2 Å². The van der Waals surface area contributed by atoms with Crippen LogP contribution in [0.3, 0.4) is 0 Å². The molecule has 0 radical (unpaired) electrons. The highest BCUT2D eigenvalue weighted by Crippen LogP contribution is 2.32. The number of nitrogens with one attached hydrogen (secondary N) is 1. The van der Waals surface area contributed by atoms with Gasteiger partial charge in [-0.15, -0.1) is 12.4 Å². The highest BCUT2D eigenvalue weighted by atomic mass is 35.5. The number of nitrogens with zero attached hydrogens (tertiary/aromatic N) is 1. The zero-order valence-corrected chi connectivity index (χ0v) is 16.4. The molecule has 7 heteroatoms. The Balaban J connectivity index is 0.00000225. The van der Waals surface area contributed by atoms with Gasteiger partial charge in [0.25, 0.3) is 5.91 Å². The number of hydrogen-bond acceptors (Lipinski definition) is 3. The summed E-state index contributed by atoms with van der Waals surface area (Å²) in [5.41, 5.74) is 0.712. The number of ether oxygens (including phenoxy) is 1. The lowest BCUT2D eigenvalue weighted by Crippen LogP contribution is -2.42. The largest absolute Gasteiger partial charge is 0.497 e. The first-order chi connectivity index (χ1) is 13.1. The van der Waals surface area contributed by atoms with Gasteiger partial charge in [-0.05, 0) is 55.6 Å². The minimum Gasteiger partial charge on any atom is -0.497 e. The lowest BCUT2D eigenvalue weighted by atomic mass is 10.0. The lowest BCUT2D eigenvalue weighted by Gasteiger charge is -2.28. The van der Waals surface area contributed by atoms with E-state index in [-0.39, 0.29) is 41.5 Å². The summed E-state index contributed by atoms with van der Waals surface area (Å²) in [6.45, 7) is 1.63. The molecule has 2 unspecified atom stereocenters. The van der Waals surface area contributed by atoms with Crippen molar-refractivity contribution in [3.63, 3.8) is 0 Å². The van der Waals surface area contributed by atoms with Crippen LogP contribution in [-0.2, 0) is 0 Å². The van der Waals surface area contributed by atoms with Crippen LogP contribution in [0.15, 0.2) is 36.4 Å². The highest BCUT2D eigenvalue weighted by molar-refractivity contribution is 5.95. The average Bonchev–Trinajstić information content (AvgIpc) is 2.93. The number of rotatable bonds is 3. The monoisotopic (exact) mass is 408 g/mol. The van der Waals surface area contributed by atoms with Crippen molar-refractivity contribution in [3.05, 3.63) is 53.6 Å². The number of fused-ring (bicyclic) bond motifs is 2. The Kier molecular flexibility index (Phi) is 6.20. The quantitative estimate of drug-likeness (QED) is 0.833. The fourth-order valence-corrected chi connectivity index (χ4v) is 4.17. The maximum Gasteiger partial charge on any atom is 0.257 e. The summed E-state index contributed by atoms with van der Waals surface area (Å²) in [6.07, 6.45) is 2.80. The maximum absolute atomic E-state index is 14.8. The smallest absolute Gasteiger partial charge is 0.257 e. The van der Waals surface area contributed by atoms with Crippen LogP contribution in [0.4, 0.5) is 8.78 Å². The van der Waals surface area contributed by atoms with Crippen LogP contribution in [0.5, 0.6) is 5.75 Å². The van der Waals surface area contributed by atoms with Gasteiger partial charge in [0.1, 0.15) is 17.4 Å². The van der Waals surface area contributed by atoms with Gasteiger partial charge in [0.2, 0.25) is 0 Å². The van der Waals surface area contributed by atoms with Crippen molar-refractivity contribution in [1.29, 1.82) is 0 Å². The Morgan fingerprint density at radius 3 is 2.57 bits per heavy atom. The minimum absolute atomic E-state index is 0. The van der Waals surface area contributed by atoms with Crippen LogP contribution in [0, 0.1) is 11.6 Å². The van der Waals surface area contributed by atoms with Gasteiger partial charge >= 0.3 is 0 Å². The van der Waals surface area contributed by atoms with Crippen molar-refractivity contribution < 1.29 is 18.3 Å². The molecule has 4 rings (SSSR count). The predicted molar refractivity (Wildman–Crippen MR) is 106 cm³/mol. The molecule has 4 nitrogen and oxygen atoms in total. The predicted octanol–water partition coefficient (Wildman–Crippen LogP) is 4.03. The second kappa shape index (κ2) is 8.45. The molecule has 2 aromatic carbocycles. The van der Waals surface area contributed by atoms with Gasteiger partial charge in [-0.2, -0.15) is 0 Å².